The van der Waals surface area contributed by atoms with Crippen molar-refractivity contribution in [3.63, 3.8) is 0 Å². The molecule has 64 valence electrons. The van der Waals surface area contributed by atoms with Crippen LogP contribution in [0.4, 0.5) is 0 Å². The molecule has 0 aliphatic rings. The molecule has 5 heteroatoms. The second-order valence-corrected chi connectivity index (χ2v) is 2.03. The van der Waals surface area contributed by atoms with Gasteiger partial charge in [0.2, 0.25) is 0 Å². The monoisotopic (exact) mass is 169 g/mol. The maximum Gasteiger partial charge on any atom is 0.341 e. The third-order valence-electron chi connectivity index (χ3n) is 1.11. The third-order valence-corrected chi connectivity index (χ3v) is 1.11. The minimum atomic E-state index is -1.09. The second-order valence-electron chi connectivity index (χ2n) is 2.03. The summed E-state index contributed by atoms with van der Waals surface area (Å²) in [5.41, 5.74) is 0. The molecule has 0 aliphatic heterocycles. The Labute approximate surface area is 68.2 Å². The number of carboxylic acid groups (broad SMARTS) is 1. The molecule has 0 saturated heterocycles. The van der Waals surface area contributed by atoms with Crippen LogP contribution in [0, 0.1) is 0 Å². The van der Waals surface area contributed by atoms with Crippen LogP contribution in [0.3, 0.4) is 0 Å². The van der Waals surface area contributed by atoms with Gasteiger partial charge in [0.15, 0.2) is 18.1 Å². The molecule has 0 amide bonds. The first kappa shape index (κ1) is 8.32. The topological polar surface area (TPSA) is 79.7 Å². The molecule has 1 aromatic heterocycles. The molecule has 0 aliphatic carbocycles. The lowest BCUT2D eigenvalue weighted by Crippen LogP contribution is -2.09. The van der Waals surface area contributed by atoms with E-state index in [9.17, 15) is 4.79 Å². The number of aromatic hydroxyl groups is 1. The molecule has 0 fully saturated rings. The summed E-state index contributed by atoms with van der Waals surface area (Å²) in [6, 6.07) is 1.39. The fraction of sp³-hybridized carbons (Fsp3) is 0.143. The highest BCUT2D eigenvalue weighted by Gasteiger charge is 2.03. The normalized spacial score (nSPS) is 9.33. The van der Waals surface area contributed by atoms with Crippen LogP contribution in [0.25, 0.3) is 0 Å². The van der Waals surface area contributed by atoms with E-state index in [-0.39, 0.29) is 11.5 Å². The van der Waals surface area contributed by atoms with Crippen molar-refractivity contribution >= 4 is 5.97 Å². The van der Waals surface area contributed by atoms with Gasteiger partial charge < -0.3 is 14.9 Å². The highest BCUT2D eigenvalue weighted by atomic mass is 16.5. The Morgan fingerprint density at radius 1 is 1.67 bits per heavy atom. The van der Waals surface area contributed by atoms with E-state index in [2.05, 4.69) is 4.98 Å². The summed E-state index contributed by atoms with van der Waals surface area (Å²) < 4.78 is 4.71. The molecule has 0 radical (unpaired) electrons. The maximum absolute atomic E-state index is 10.1. The Kier molecular flexibility index (Phi) is 2.47. The van der Waals surface area contributed by atoms with Gasteiger partial charge in [0, 0.05) is 12.3 Å². The Balaban J connectivity index is 2.63. The van der Waals surface area contributed by atoms with Gasteiger partial charge >= 0.3 is 5.97 Å². The number of carboxylic acids is 1. The fourth-order valence-electron chi connectivity index (χ4n) is 0.635. The molecule has 0 atom stereocenters. The van der Waals surface area contributed by atoms with Crippen molar-refractivity contribution in [2.75, 3.05) is 6.61 Å². The molecule has 1 aromatic rings. The van der Waals surface area contributed by atoms with Crippen molar-refractivity contribution in [3.8, 4) is 11.5 Å². The van der Waals surface area contributed by atoms with Crippen LogP contribution in [0.2, 0.25) is 0 Å². The number of aliphatic carboxylic acids is 1. The van der Waals surface area contributed by atoms with E-state index in [0.717, 1.165) is 0 Å². The fourth-order valence-corrected chi connectivity index (χ4v) is 0.635. The average Bonchev–Trinajstić information content (AvgIpc) is 2.03. The van der Waals surface area contributed by atoms with Crippen molar-refractivity contribution in [2.45, 2.75) is 0 Å². The van der Waals surface area contributed by atoms with E-state index in [1.807, 2.05) is 0 Å². The molecular weight excluding hydrogens is 162 g/mol. The molecule has 0 spiro atoms. The molecule has 0 saturated carbocycles. The largest absolute Gasteiger partial charge is 0.503 e. The zero-order chi connectivity index (χ0) is 8.97. The van der Waals surface area contributed by atoms with Gasteiger partial charge in [0.25, 0.3) is 0 Å². The first-order valence-electron chi connectivity index (χ1n) is 3.17. The first-order chi connectivity index (χ1) is 5.70. The summed E-state index contributed by atoms with van der Waals surface area (Å²) in [4.78, 5) is 13.7. The molecule has 12 heavy (non-hydrogen) atoms. The Morgan fingerprint density at radius 3 is 3.00 bits per heavy atom. The van der Waals surface area contributed by atoms with Crippen LogP contribution in [-0.2, 0) is 4.79 Å². The van der Waals surface area contributed by atoms with Crippen molar-refractivity contribution in [1.82, 2.24) is 4.98 Å². The van der Waals surface area contributed by atoms with Gasteiger partial charge in [-0.2, -0.15) is 0 Å². The zero-order valence-corrected chi connectivity index (χ0v) is 6.10. The smallest absolute Gasteiger partial charge is 0.341 e. The van der Waals surface area contributed by atoms with Crippen molar-refractivity contribution in [1.29, 1.82) is 0 Å². The summed E-state index contributed by atoms with van der Waals surface area (Å²) in [6.07, 6.45) is 2.58. The molecule has 2 N–H and O–H groups in total. The van der Waals surface area contributed by atoms with Gasteiger partial charge in [-0.1, -0.05) is 0 Å². The van der Waals surface area contributed by atoms with E-state index < -0.39 is 12.6 Å². The van der Waals surface area contributed by atoms with Crippen molar-refractivity contribution in [3.05, 3.63) is 18.5 Å². The van der Waals surface area contributed by atoms with E-state index in [4.69, 9.17) is 14.9 Å². The summed E-state index contributed by atoms with van der Waals surface area (Å²) in [7, 11) is 0. The van der Waals surface area contributed by atoms with E-state index >= 15 is 0 Å². The summed E-state index contributed by atoms with van der Waals surface area (Å²) in [6.45, 7) is -0.475. The Morgan fingerprint density at radius 2 is 2.42 bits per heavy atom. The maximum atomic E-state index is 10.1. The van der Waals surface area contributed by atoms with E-state index in [1.54, 1.807) is 0 Å². The summed E-state index contributed by atoms with van der Waals surface area (Å²) in [5, 5.41) is 17.3. The Hall–Kier alpha value is -1.78. The first-order valence-corrected chi connectivity index (χ1v) is 3.17. The predicted molar refractivity (Wildman–Crippen MR) is 39.0 cm³/mol. The highest BCUT2D eigenvalue weighted by Crippen LogP contribution is 2.22. The van der Waals surface area contributed by atoms with Crippen LogP contribution in [0.1, 0.15) is 0 Å². The van der Waals surface area contributed by atoms with E-state index in [0.29, 0.717) is 0 Å². The number of carbonyl (C=O) groups is 1. The van der Waals surface area contributed by atoms with Crippen molar-refractivity contribution in [2.24, 2.45) is 0 Å². The van der Waals surface area contributed by atoms with Gasteiger partial charge in [-0.15, -0.1) is 0 Å². The van der Waals surface area contributed by atoms with Crippen LogP contribution in [0.5, 0.6) is 11.5 Å². The quantitative estimate of drug-likeness (QED) is 0.678. The lowest BCUT2D eigenvalue weighted by molar-refractivity contribution is -0.139. The van der Waals surface area contributed by atoms with Crippen LogP contribution in [0.15, 0.2) is 18.5 Å². The molecule has 1 rings (SSSR count). The minimum Gasteiger partial charge on any atom is -0.503 e. The number of hydrogen-bond donors (Lipinski definition) is 2. The molecule has 5 nitrogen and oxygen atoms in total. The average molecular weight is 169 g/mol. The van der Waals surface area contributed by atoms with Gasteiger partial charge in [-0.25, -0.2) is 4.79 Å². The highest BCUT2D eigenvalue weighted by molar-refractivity contribution is 5.68. The lowest BCUT2D eigenvalue weighted by Gasteiger charge is -2.03. The summed E-state index contributed by atoms with van der Waals surface area (Å²) >= 11 is 0. The van der Waals surface area contributed by atoms with Gasteiger partial charge in [0.05, 0.1) is 6.20 Å². The number of pyridine rings is 1. The standard InChI is InChI=1S/C7H7NO4/c9-5-3-8-2-1-6(5)12-4-7(10)11/h1-3,9H,4H2,(H,10,11). The predicted octanol–water partition coefficient (Wildman–Crippen LogP) is 0.251. The van der Waals surface area contributed by atoms with Gasteiger partial charge in [-0.05, 0) is 0 Å². The van der Waals surface area contributed by atoms with Crippen LogP contribution in [-0.4, -0.2) is 27.8 Å². The minimum absolute atomic E-state index is 0.118. The van der Waals surface area contributed by atoms with Gasteiger partial charge in [-0.3, -0.25) is 4.98 Å². The van der Waals surface area contributed by atoms with E-state index in [1.165, 1.54) is 18.5 Å². The molecule has 0 bridgehead atoms. The number of rotatable bonds is 3. The number of nitrogens with zero attached hydrogens (tertiary/aromatic N) is 1. The number of hydrogen-bond acceptors (Lipinski definition) is 4. The van der Waals surface area contributed by atoms with Gasteiger partial charge in [0.1, 0.15) is 0 Å². The van der Waals surface area contributed by atoms with Crippen LogP contribution >= 0.6 is 0 Å². The number of aromatic nitrogens is 1. The molecular formula is C7H7NO4. The lowest BCUT2D eigenvalue weighted by atomic mass is 10.4. The number of ether oxygens (including phenoxy) is 1. The SMILES string of the molecule is O=C(O)COc1ccncc1O. The Bertz CT molecular complexity index is 286. The third kappa shape index (κ3) is 2.12. The zero-order valence-electron chi connectivity index (χ0n) is 6.10. The molecule has 1 heterocycles. The molecule has 0 aromatic carbocycles. The second kappa shape index (κ2) is 3.56. The summed E-state index contributed by atoms with van der Waals surface area (Å²) in [5.74, 6) is -1.14. The van der Waals surface area contributed by atoms with Crippen molar-refractivity contribution < 1.29 is 19.7 Å². The molecule has 0 unspecified atom stereocenters. The van der Waals surface area contributed by atoms with Crippen LogP contribution < -0.4 is 4.74 Å².